The molecule has 0 aromatic heterocycles. The zero-order chi connectivity index (χ0) is 15.2. The van der Waals surface area contributed by atoms with Gasteiger partial charge in [0.15, 0.2) is 0 Å². The quantitative estimate of drug-likeness (QED) is 0.495. The van der Waals surface area contributed by atoms with E-state index >= 15 is 0 Å². The summed E-state index contributed by atoms with van der Waals surface area (Å²) in [5, 5.41) is 3.39. The number of hydrogen-bond donors (Lipinski definition) is 1. The molecule has 0 aliphatic heterocycles. The minimum atomic E-state index is 0.793. The first-order chi connectivity index (χ1) is 10.1. The third-order valence-electron chi connectivity index (χ3n) is 2.89. The van der Waals surface area contributed by atoms with Crippen molar-refractivity contribution < 1.29 is 4.74 Å². The summed E-state index contributed by atoms with van der Waals surface area (Å²) in [4.78, 5) is 0. The van der Waals surface area contributed by atoms with Crippen LogP contribution in [0, 0.1) is 0 Å². The predicted molar refractivity (Wildman–Crippen MR) is 98.1 cm³/mol. The normalized spacial score (nSPS) is 10.7. The van der Waals surface area contributed by atoms with Gasteiger partial charge < -0.3 is 10.1 Å². The minimum absolute atomic E-state index is 0.793. The number of halogens is 3. The fourth-order valence-corrected chi connectivity index (χ4v) is 3.45. The maximum absolute atomic E-state index is 5.91. The van der Waals surface area contributed by atoms with Crippen molar-refractivity contribution in [2.45, 2.75) is 19.9 Å². The maximum Gasteiger partial charge on any atom is 0.141 e. The van der Waals surface area contributed by atoms with Crippen molar-refractivity contribution in [1.29, 1.82) is 0 Å². The summed E-state index contributed by atoms with van der Waals surface area (Å²) in [5.41, 5.74) is 1.23. The molecule has 2 aromatic carbocycles. The van der Waals surface area contributed by atoms with Gasteiger partial charge in [0.1, 0.15) is 11.5 Å². The molecule has 2 nitrogen and oxygen atoms in total. The Kier molecular flexibility index (Phi) is 6.74. The second-order valence-corrected chi connectivity index (χ2v) is 7.23. The van der Waals surface area contributed by atoms with E-state index in [1.165, 1.54) is 5.56 Å². The summed E-state index contributed by atoms with van der Waals surface area (Å²) in [6.45, 7) is 4.04. The largest absolute Gasteiger partial charge is 0.456 e. The molecule has 0 heterocycles. The van der Waals surface area contributed by atoms with Gasteiger partial charge in [-0.05, 0) is 64.8 Å². The van der Waals surface area contributed by atoms with E-state index in [4.69, 9.17) is 4.74 Å². The monoisotopic (exact) mass is 475 g/mol. The lowest BCUT2D eigenvalue weighted by molar-refractivity contribution is 0.479. The Bertz CT molecular complexity index is 616. The van der Waals surface area contributed by atoms with E-state index in [1.54, 1.807) is 0 Å². The van der Waals surface area contributed by atoms with Gasteiger partial charge in [-0.3, -0.25) is 0 Å². The fourth-order valence-electron chi connectivity index (χ4n) is 1.82. The van der Waals surface area contributed by atoms with Crippen LogP contribution in [0.3, 0.4) is 0 Å². The van der Waals surface area contributed by atoms with Gasteiger partial charge >= 0.3 is 0 Å². The Balaban J connectivity index is 2.09. The molecule has 2 rings (SSSR count). The Labute approximate surface area is 150 Å². The Morgan fingerprint density at radius 3 is 2.48 bits per heavy atom. The summed E-state index contributed by atoms with van der Waals surface area (Å²) in [6, 6.07) is 11.9. The number of rotatable bonds is 6. The highest BCUT2D eigenvalue weighted by Crippen LogP contribution is 2.33. The van der Waals surface area contributed by atoms with E-state index in [1.807, 2.05) is 30.3 Å². The first kappa shape index (κ1) is 17.0. The molecule has 2 aromatic rings. The Morgan fingerprint density at radius 1 is 1.00 bits per heavy atom. The van der Waals surface area contributed by atoms with Gasteiger partial charge in [-0.2, -0.15) is 0 Å². The van der Waals surface area contributed by atoms with Crippen molar-refractivity contribution in [2.75, 3.05) is 6.54 Å². The van der Waals surface area contributed by atoms with E-state index in [2.05, 4.69) is 66.1 Å². The van der Waals surface area contributed by atoms with Crippen LogP contribution in [0.4, 0.5) is 0 Å². The van der Waals surface area contributed by atoms with Gasteiger partial charge in [0.05, 0.1) is 4.47 Å². The summed E-state index contributed by atoms with van der Waals surface area (Å²) >= 11 is 10.5. The van der Waals surface area contributed by atoms with Gasteiger partial charge in [-0.15, -0.1) is 0 Å². The number of benzene rings is 2. The minimum Gasteiger partial charge on any atom is -0.456 e. The zero-order valence-corrected chi connectivity index (χ0v) is 16.4. The lowest BCUT2D eigenvalue weighted by atomic mass is 10.2. The van der Waals surface area contributed by atoms with Crippen LogP contribution in [0.5, 0.6) is 11.5 Å². The molecular formula is C16H16Br3NO. The van der Waals surface area contributed by atoms with Gasteiger partial charge in [0.2, 0.25) is 0 Å². The average Bonchev–Trinajstić information content (AvgIpc) is 2.44. The molecule has 112 valence electrons. The lowest BCUT2D eigenvalue weighted by Crippen LogP contribution is -2.14. The Morgan fingerprint density at radius 2 is 1.81 bits per heavy atom. The van der Waals surface area contributed by atoms with Crippen molar-refractivity contribution in [2.24, 2.45) is 0 Å². The van der Waals surface area contributed by atoms with Gasteiger partial charge in [0.25, 0.3) is 0 Å². The molecule has 0 bridgehead atoms. The first-order valence-corrected chi connectivity index (χ1v) is 9.10. The number of hydrogen-bond acceptors (Lipinski definition) is 2. The average molecular weight is 478 g/mol. The van der Waals surface area contributed by atoms with E-state index in [0.29, 0.717) is 0 Å². The van der Waals surface area contributed by atoms with Gasteiger partial charge in [-0.1, -0.05) is 44.8 Å². The van der Waals surface area contributed by atoms with Crippen molar-refractivity contribution in [3.05, 3.63) is 55.4 Å². The van der Waals surface area contributed by atoms with E-state index in [-0.39, 0.29) is 0 Å². The molecule has 0 amide bonds. The van der Waals surface area contributed by atoms with Crippen LogP contribution in [-0.2, 0) is 6.54 Å². The third kappa shape index (κ3) is 5.09. The van der Waals surface area contributed by atoms with Crippen LogP contribution in [0.1, 0.15) is 18.9 Å². The Hall–Kier alpha value is -0.360. The van der Waals surface area contributed by atoms with Crippen molar-refractivity contribution >= 4 is 47.8 Å². The highest BCUT2D eigenvalue weighted by atomic mass is 79.9. The number of nitrogens with one attached hydrogen (secondary N) is 1. The second-order valence-electron chi connectivity index (χ2n) is 4.61. The predicted octanol–water partition coefficient (Wildman–Crippen LogP) is 6.27. The lowest BCUT2D eigenvalue weighted by Gasteiger charge is -2.11. The van der Waals surface area contributed by atoms with Crippen LogP contribution < -0.4 is 10.1 Å². The van der Waals surface area contributed by atoms with E-state index in [9.17, 15) is 0 Å². The molecule has 21 heavy (non-hydrogen) atoms. The molecule has 0 aliphatic carbocycles. The van der Waals surface area contributed by atoms with E-state index in [0.717, 1.165) is 44.4 Å². The van der Waals surface area contributed by atoms with Gasteiger partial charge in [0, 0.05) is 15.5 Å². The topological polar surface area (TPSA) is 21.3 Å². The number of ether oxygens (including phenoxy) is 1. The molecular weight excluding hydrogens is 462 g/mol. The molecule has 0 fully saturated rings. The van der Waals surface area contributed by atoms with Crippen LogP contribution in [0.25, 0.3) is 0 Å². The molecule has 0 unspecified atom stereocenters. The SMILES string of the molecule is CCCNCc1ccc(Oc2ccc(Br)cc2Br)cc1Br. The highest BCUT2D eigenvalue weighted by Gasteiger charge is 2.06. The molecule has 0 saturated carbocycles. The van der Waals surface area contributed by atoms with Gasteiger partial charge in [-0.25, -0.2) is 0 Å². The summed E-state index contributed by atoms with van der Waals surface area (Å²) in [5.74, 6) is 1.60. The molecule has 0 aliphatic rings. The molecule has 1 N–H and O–H groups in total. The maximum atomic E-state index is 5.91. The fraction of sp³-hybridized carbons (Fsp3) is 0.250. The van der Waals surface area contributed by atoms with E-state index < -0.39 is 0 Å². The molecule has 0 atom stereocenters. The summed E-state index contributed by atoms with van der Waals surface area (Å²) < 4.78 is 8.89. The smallest absolute Gasteiger partial charge is 0.141 e. The molecule has 0 saturated heterocycles. The summed E-state index contributed by atoms with van der Waals surface area (Å²) in [7, 11) is 0. The molecule has 5 heteroatoms. The first-order valence-electron chi connectivity index (χ1n) is 6.72. The van der Waals surface area contributed by atoms with Crippen molar-refractivity contribution in [1.82, 2.24) is 5.32 Å². The van der Waals surface area contributed by atoms with Crippen LogP contribution in [0.2, 0.25) is 0 Å². The van der Waals surface area contributed by atoms with Crippen LogP contribution >= 0.6 is 47.8 Å². The summed E-state index contributed by atoms with van der Waals surface area (Å²) in [6.07, 6.45) is 1.14. The zero-order valence-electron chi connectivity index (χ0n) is 11.6. The van der Waals surface area contributed by atoms with Crippen molar-refractivity contribution in [3.8, 4) is 11.5 Å². The third-order valence-corrected chi connectivity index (χ3v) is 4.74. The second kappa shape index (κ2) is 8.32. The standard InChI is InChI=1S/C16H16Br3NO/c1-2-7-20-10-11-3-5-13(9-14(11)18)21-16-6-4-12(17)8-15(16)19/h3-6,8-9,20H,2,7,10H2,1H3. The molecule has 0 radical (unpaired) electrons. The van der Waals surface area contributed by atoms with Crippen molar-refractivity contribution in [3.63, 3.8) is 0 Å². The molecule has 0 spiro atoms. The van der Waals surface area contributed by atoms with Crippen LogP contribution in [0.15, 0.2) is 49.8 Å². The highest BCUT2D eigenvalue weighted by molar-refractivity contribution is 9.11. The van der Waals surface area contributed by atoms with Crippen LogP contribution in [-0.4, -0.2) is 6.54 Å².